The number of hydrogen-bond acceptors (Lipinski definition) is 3. The van der Waals surface area contributed by atoms with Gasteiger partial charge >= 0.3 is 0 Å². The Morgan fingerprint density at radius 1 is 1.07 bits per heavy atom. The van der Waals surface area contributed by atoms with Crippen LogP contribution in [0.1, 0.15) is 30.5 Å². The van der Waals surface area contributed by atoms with Crippen LogP contribution < -0.4 is 10.1 Å². The second-order valence-corrected chi connectivity index (χ2v) is 6.68. The normalized spacial score (nSPS) is 11.6. The van der Waals surface area contributed by atoms with Crippen molar-refractivity contribution >= 4 is 11.8 Å². The van der Waals surface area contributed by atoms with Crippen molar-refractivity contribution in [3.8, 4) is 5.75 Å². The summed E-state index contributed by atoms with van der Waals surface area (Å²) in [5.74, 6) is 0.236. The van der Waals surface area contributed by atoms with E-state index in [0.717, 1.165) is 16.7 Å². The van der Waals surface area contributed by atoms with Gasteiger partial charge in [-0.3, -0.25) is 9.59 Å². The van der Waals surface area contributed by atoms with Crippen LogP contribution in [0.3, 0.4) is 0 Å². The number of aryl methyl sites for hydroxylation is 2. The van der Waals surface area contributed by atoms with Crippen molar-refractivity contribution in [3.63, 3.8) is 0 Å². The highest BCUT2D eigenvalue weighted by Crippen LogP contribution is 2.14. The molecule has 2 rings (SSSR count). The van der Waals surface area contributed by atoms with Crippen molar-refractivity contribution in [1.82, 2.24) is 10.2 Å². The molecule has 0 radical (unpaired) electrons. The van der Waals surface area contributed by atoms with Crippen molar-refractivity contribution in [2.24, 2.45) is 0 Å². The fourth-order valence-corrected chi connectivity index (χ4v) is 2.77. The summed E-state index contributed by atoms with van der Waals surface area (Å²) in [5, 5.41) is 2.78. The molecule has 0 aliphatic heterocycles. The van der Waals surface area contributed by atoms with Gasteiger partial charge in [-0.2, -0.15) is 0 Å². The molecular weight excluding hydrogens is 340 g/mol. The zero-order valence-corrected chi connectivity index (χ0v) is 16.5. The lowest BCUT2D eigenvalue weighted by atomic mass is 10.1. The first-order chi connectivity index (χ1) is 12.9. The molecule has 0 aliphatic carbocycles. The summed E-state index contributed by atoms with van der Waals surface area (Å²) in [6.07, 6.45) is 0. The number of likely N-dealkylation sites (N-methyl/N-ethyl adjacent to an activating group) is 1. The molecule has 0 saturated heterocycles. The molecule has 144 valence electrons. The zero-order valence-electron chi connectivity index (χ0n) is 16.5. The van der Waals surface area contributed by atoms with Crippen LogP contribution in [0.2, 0.25) is 0 Å². The highest BCUT2D eigenvalue weighted by molar-refractivity contribution is 5.87. The molecule has 2 amide bonds. The van der Waals surface area contributed by atoms with Gasteiger partial charge in [0.2, 0.25) is 5.91 Å². The number of rotatable bonds is 8. The molecular formula is C22H28N2O3. The Bertz CT molecular complexity index is 771. The molecule has 1 N–H and O–H groups in total. The Hall–Kier alpha value is -2.82. The van der Waals surface area contributed by atoms with Crippen LogP contribution >= 0.6 is 0 Å². The minimum Gasteiger partial charge on any atom is -0.484 e. The zero-order chi connectivity index (χ0) is 19.8. The summed E-state index contributed by atoms with van der Waals surface area (Å²) in [5.41, 5.74) is 3.22. The molecule has 5 nitrogen and oxygen atoms in total. The number of hydrogen-bond donors (Lipinski definition) is 1. The summed E-state index contributed by atoms with van der Waals surface area (Å²) in [4.78, 5) is 26.7. The van der Waals surface area contributed by atoms with Crippen LogP contribution in [0.5, 0.6) is 5.75 Å². The molecule has 0 bridgehead atoms. The van der Waals surface area contributed by atoms with Gasteiger partial charge in [0.05, 0.1) is 0 Å². The fraction of sp³-hybridized carbons (Fsp3) is 0.364. The Morgan fingerprint density at radius 2 is 1.78 bits per heavy atom. The maximum absolute atomic E-state index is 12.8. The Labute approximate surface area is 161 Å². The molecule has 0 spiro atoms. The quantitative estimate of drug-likeness (QED) is 0.778. The van der Waals surface area contributed by atoms with Gasteiger partial charge in [-0.15, -0.1) is 0 Å². The first kappa shape index (κ1) is 20.5. The van der Waals surface area contributed by atoms with Crippen molar-refractivity contribution < 1.29 is 14.3 Å². The fourth-order valence-electron chi connectivity index (χ4n) is 2.77. The van der Waals surface area contributed by atoms with Gasteiger partial charge in [0.25, 0.3) is 5.91 Å². The maximum atomic E-state index is 12.8. The van der Waals surface area contributed by atoms with Gasteiger partial charge < -0.3 is 15.0 Å². The van der Waals surface area contributed by atoms with E-state index in [2.05, 4.69) is 5.32 Å². The van der Waals surface area contributed by atoms with E-state index in [4.69, 9.17) is 4.74 Å². The van der Waals surface area contributed by atoms with E-state index >= 15 is 0 Å². The first-order valence-corrected chi connectivity index (χ1v) is 9.23. The third-order valence-electron chi connectivity index (χ3n) is 4.34. The van der Waals surface area contributed by atoms with Crippen molar-refractivity contribution in [3.05, 3.63) is 65.2 Å². The summed E-state index contributed by atoms with van der Waals surface area (Å²) in [6.45, 7) is 8.36. The monoisotopic (exact) mass is 368 g/mol. The number of carbonyl (C=O) groups is 2. The number of carbonyl (C=O) groups excluding carboxylic acids is 2. The Kier molecular flexibility index (Phi) is 7.41. The molecule has 1 unspecified atom stereocenters. The topological polar surface area (TPSA) is 58.6 Å². The first-order valence-electron chi connectivity index (χ1n) is 9.23. The van der Waals surface area contributed by atoms with E-state index in [-0.39, 0.29) is 18.4 Å². The van der Waals surface area contributed by atoms with Crippen LogP contribution in [0.25, 0.3) is 0 Å². The van der Waals surface area contributed by atoms with Crippen LogP contribution in [0.15, 0.2) is 48.5 Å². The summed E-state index contributed by atoms with van der Waals surface area (Å²) < 4.78 is 5.63. The third kappa shape index (κ3) is 6.13. The second kappa shape index (κ2) is 9.76. The summed E-state index contributed by atoms with van der Waals surface area (Å²) in [7, 11) is 0. The number of benzene rings is 2. The number of amides is 2. The number of ether oxygens (including phenoxy) is 1. The van der Waals surface area contributed by atoms with Crippen molar-refractivity contribution in [2.75, 3.05) is 13.2 Å². The molecule has 0 saturated carbocycles. The van der Waals surface area contributed by atoms with Crippen LogP contribution in [-0.2, 0) is 16.1 Å². The average molecular weight is 368 g/mol. The van der Waals surface area contributed by atoms with Crippen LogP contribution in [-0.4, -0.2) is 35.9 Å². The molecule has 0 heterocycles. The van der Waals surface area contributed by atoms with E-state index in [1.165, 1.54) is 0 Å². The molecule has 0 fully saturated rings. The SMILES string of the molecule is CCNC(=O)C(C)N(Cc1cccc(C)c1)C(=O)COc1ccc(C)cc1. The smallest absolute Gasteiger partial charge is 0.261 e. The van der Waals surface area contributed by atoms with Gasteiger partial charge in [-0.25, -0.2) is 0 Å². The minimum absolute atomic E-state index is 0.112. The van der Waals surface area contributed by atoms with Crippen molar-refractivity contribution in [2.45, 2.75) is 40.3 Å². The lowest BCUT2D eigenvalue weighted by Crippen LogP contribution is -2.49. The number of nitrogens with zero attached hydrogens (tertiary/aromatic N) is 1. The molecule has 2 aromatic rings. The van der Waals surface area contributed by atoms with E-state index < -0.39 is 6.04 Å². The minimum atomic E-state index is -0.584. The molecule has 0 aromatic heterocycles. The largest absolute Gasteiger partial charge is 0.484 e. The van der Waals surface area contributed by atoms with E-state index in [0.29, 0.717) is 18.8 Å². The number of nitrogens with one attached hydrogen (secondary N) is 1. The predicted octanol–water partition coefficient (Wildman–Crippen LogP) is 3.24. The van der Waals surface area contributed by atoms with Gasteiger partial charge in [-0.05, 0) is 45.4 Å². The van der Waals surface area contributed by atoms with E-state index in [9.17, 15) is 9.59 Å². The summed E-state index contributed by atoms with van der Waals surface area (Å²) >= 11 is 0. The van der Waals surface area contributed by atoms with Gasteiger partial charge in [-0.1, -0.05) is 47.5 Å². The van der Waals surface area contributed by atoms with Gasteiger partial charge in [0.1, 0.15) is 11.8 Å². The second-order valence-electron chi connectivity index (χ2n) is 6.68. The maximum Gasteiger partial charge on any atom is 0.261 e. The average Bonchev–Trinajstić information content (AvgIpc) is 2.65. The standard InChI is InChI=1S/C22H28N2O3/c1-5-23-22(26)18(4)24(14-19-8-6-7-17(3)13-19)21(25)15-27-20-11-9-16(2)10-12-20/h6-13,18H,5,14-15H2,1-4H3,(H,23,26). The van der Waals surface area contributed by atoms with Crippen molar-refractivity contribution in [1.29, 1.82) is 0 Å². The summed E-state index contributed by atoms with van der Waals surface area (Å²) in [6, 6.07) is 14.9. The molecule has 2 aromatic carbocycles. The lowest BCUT2D eigenvalue weighted by molar-refractivity contribution is -0.142. The van der Waals surface area contributed by atoms with Gasteiger partial charge in [0, 0.05) is 13.1 Å². The van der Waals surface area contributed by atoms with E-state index in [1.54, 1.807) is 11.8 Å². The molecule has 0 aliphatic rings. The highest BCUT2D eigenvalue weighted by Gasteiger charge is 2.26. The third-order valence-corrected chi connectivity index (χ3v) is 4.34. The van der Waals surface area contributed by atoms with Crippen LogP contribution in [0.4, 0.5) is 0 Å². The highest BCUT2D eigenvalue weighted by atomic mass is 16.5. The van der Waals surface area contributed by atoms with Gasteiger partial charge in [0.15, 0.2) is 6.61 Å². The molecule has 27 heavy (non-hydrogen) atoms. The van der Waals surface area contributed by atoms with Crippen LogP contribution in [0, 0.1) is 13.8 Å². The van der Waals surface area contributed by atoms with E-state index in [1.807, 2.05) is 69.3 Å². The lowest BCUT2D eigenvalue weighted by Gasteiger charge is -2.28. The predicted molar refractivity (Wildman–Crippen MR) is 107 cm³/mol. The Balaban J connectivity index is 2.12. The molecule has 1 atom stereocenters. The molecule has 5 heteroatoms. The Morgan fingerprint density at radius 3 is 2.41 bits per heavy atom.